The van der Waals surface area contributed by atoms with E-state index < -0.39 is 0 Å². The number of methoxy groups -OCH3 is 1. The van der Waals surface area contributed by atoms with Gasteiger partial charge >= 0.3 is 0 Å². The van der Waals surface area contributed by atoms with Crippen LogP contribution in [0.2, 0.25) is 5.02 Å². The molecule has 1 amide bonds. The number of rotatable bonds is 3. The maximum absolute atomic E-state index is 12.2. The highest BCUT2D eigenvalue weighted by Crippen LogP contribution is 2.22. The summed E-state index contributed by atoms with van der Waals surface area (Å²) in [6, 6.07) is 10.8. The zero-order chi connectivity index (χ0) is 14.7. The third-order valence-corrected chi connectivity index (χ3v) is 3.51. The van der Waals surface area contributed by atoms with Crippen LogP contribution in [0.15, 0.2) is 36.4 Å². The molecule has 0 bridgehead atoms. The number of hydrogen-bond donors (Lipinski definition) is 1. The van der Waals surface area contributed by atoms with Crippen LogP contribution >= 0.6 is 11.6 Å². The summed E-state index contributed by atoms with van der Waals surface area (Å²) in [7, 11) is 1.59. The fourth-order valence-electron chi connectivity index (χ4n) is 1.84. The topological polar surface area (TPSA) is 38.3 Å². The summed E-state index contributed by atoms with van der Waals surface area (Å²) in [5.41, 5.74) is 3.18. The van der Waals surface area contributed by atoms with Crippen molar-refractivity contribution >= 4 is 23.2 Å². The smallest absolute Gasteiger partial charge is 0.255 e. The number of benzene rings is 2. The Kier molecular flexibility index (Phi) is 4.30. The monoisotopic (exact) mass is 289 g/mol. The number of anilines is 1. The lowest BCUT2D eigenvalue weighted by Crippen LogP contribution is -2.12. The summed E-state index contributed by atoms with van der Waals surface area (Å²) in [6.45, 7) is 3.85. The van der Waals surface area contributed by atoms with E-state index in [0.717, 1.165) is 11.1 Å². The Morgan fingerprint density at radius 3 is 2.45 bits per heavy atom. The van der Waals surface area contributed by atoms with E-state index in [4.69, 9.17) is 16.3 Å². The fraction of sp³-hybridized carbons (Fsp3) is 0.188. The predicted molar refractivity (Wildman–Crippen MR) is 81.9 cm³/mol. The Bertz CT molecular complexity index is 653. The Morgan fingerprint density at radius 2 is 1.80 bits per heavy atom. The van der Waals surface area contributed by atoms with Crippen LogP contribution in [-0.4, -0.2) is 13.0 Å². The van der Waals surface area contributed by atoms with Crippen LogP contribution in [0.5, 0.6) is 5.75 Å². The molecule has 2 aromatic carbocycles. The Hall–Kier alpha value is -2.00. The lowest BCUT2D eigenvalue weighted by atomic mass is 10.1. The van der Waals surface area contributed by atoms with Gasteiger partial charge in [0.2, 0.25) is 0 Å². The predicted octanol–water partition coefficient (Wildman–Crippen LogP) is 4.22. The quantitative estimate of drug-likeness (QED) is 0.919. The van der Waals surface area contributed by atoms with Crippen molar-refractivity contribution in [1.82, 2.24) is 0 Å². The van der Waals surface area contributed by atoms with E-state index in [0.29, 0.717) is 22.0 Å². The molecule has 0 atom stereocenters. The van der Waals surface area contributed by atoms with Gasteiger partial charge in [-0.25, -0.2) is 0 Å². The molecule has 4 heteroatoms. The van der Waals surface area contributed by atoms with Crippen LogP contribution in [0.4, 0.5) is 5.69 Å². The Balaban J connectivity index is 2.21. The van der Waals surface area contributed by atoms with Gasteiger partial charge < -0.3 is 10.1 Å². The molecule has 0 saturated heterocycles. The van der Waals surface area contributed by atoms with Crippen molar-refractivity contribution in [3.05, 3.63) is 58.1 Å². The first kappa shape index (κ1) is 14.4. The van der Waals surface area contributed by atoms with Crippen molar-refractivity contribution in [2.45, 2.75) is 13.8 Å². The molecule has 0 unspecified atom stereocenters. The Labute approximate surface area is 123 Å². The number of ether oxygens (including phenoxy) is 1. The van der Waals surface area contributed by atoms with Crippen molar-refractivity contribution in [3.8, 4) is 5.75 Å². The third kappa shape index (κ3) is 3.11. The molecule has 0 aliphatic carbocycles. The van der Waals surface area contributed by atoms with Crippen LogP contribution in [0.1, 0.15) is 21.5 Å². The van der Waals surface area contributed by atoms with Gasteiger partial charge in [-0.1, -0.05) is 23.7 Å². The largest absolute Gasteiger partial charge is 0.496 e. The zero-order valence-corrected chi connectivity index (χ0v) is 12.4. The highest BCUT2D eigenvalue weighted by molar-refractivity contribution is 6.31. The lowest BCUT2D eigenvalue weighted by molar-refractivity contribution is 0.102. The van der Waals surface area contributed by atoms with Crippen LogP contribution in [-0.2, 0) is 0 Å². The van der Waals surface area contributed by atoms with Gasteiger partial charge in [0, 0.05) is 16.3 Å². The molecule has 0 aliphatic heterocycles. The molecule has 0 fully saturated rings. The number of amides is 1. The minimum absolute atomic E-state index is 0.191. The van der Waals surface area contributed by atoms with E-state index in [1.807, 2.05) is 32.0 Å². The summed E-state index contributed by atoms with van der Waals surface area (Å²) in [5.74, 6) is 0.503. The van der Waals surface area contributed by atoms with Gasteiger partial charge in [-0.2, -0.15) is 0 Å². The van der Waals surface area contributed by atoms with E-state index in [-0.39, 0.29) is 5.91 Å². The normalized spacial score (nSPS) is 10.2. The number of hydrogen-bond acceptors (Lipinski definition) is 2. The van der Waals surface area contributed by atoms with Gasteiger partial charge in [-0.05, 0) is 49.2 Å². The molecule has 0 radical (unpaired) electrons. The van der Waals surface area contributed by atoms with Gasteiger partial charge in [0.15, 0.2) is 0 Å². The zero-order valence-electron chi connectivity index (χ0n) is 11.7. The van der Waals surface area contributed by atoms with Crippen molar-refractivity contribution in [2.24, 2.45) is 0 Å². The standard InChI is InChI=1S/C16H16ClNO2/c1-10-5-7-13(9-14(10)17)18-16(19)12-6-4-11(2)15(8-12)20-3/h4-9H,1-3H3,(H,18,19). The van der Waals surface area contributed by atoms with E-state index in [2.05, 4.69) is 5.32 Å². The minimum Gasteiger partial charge on any atom is -0.496 e. The summed E-state index contributed by atoms with van der Waals surface area (Å²) in [4.78, 5) is 12.2. The van der Waals surface area contributed by atoms with E-state index in [9.17, 15) is 4.79 Å². The molecule has 3 nitrogen and oxygen atoms in total. The number of aryl methyl sites for hydroxylation is 2. The van der Waals surface area contributed by atoms with Crippen molar-refractivity contribution < 1.29 is 9.53 Å². The second kappa shape index (κ2) is 5.97. The molecular weight excluding hydrogens is 274 g/mol. The molecule has 2 aromatic rings. The first-order valence-corrected chi connectivity index (χ1v) is 6.61. The lowest BCUT2D eigenvalue weighted by Gasteiger charge is -2.09. The number of carbonyl (C=O) groups excluding carboxylic acids is 1. The van der Waals surface area contributed by atoms with Gasteiger partial charge in [0.1, 0.15) is 5.75 Å². The molecule has 104 valence electrons. The maximum Gasteiger partial charge on any atom is 0.255 e. The molecule has 1 N–H and O–H groups in total. The van der Waals surface area contributed by atoms with Gasteiger partial charge in [0.05, 0.1) is 7.11 Å². The Morgan fingerprint density at radius 1 is 1.10 bits per heavy atom. The van der Waals surface area contributed by atoms with E-state index >= 15 is 0 Å². The first-order chi connectivity index (χ1) is 9.51. The summed E-state index contributed by atoms with van der Waals surface area (Å²) in [6.07, 6.45) is 0. The van der Waals surface area contributed by atoms with Crippen LogP contribution in [0.3, 0.4) is 0 Å². The maximum atomic E-state index is 12.2. The molecule has 0 aromatic heterocycles. The van der Waals surface area contributed by atoms with Gasteiger partial charge in [0.25, 0.3) is 5.91 Å². The first-order valence-electron chi connectivity index (χ1n) is 6.23. The highest BCUT2D eigenvalue weighted by Gasteiger charge is 2.09. The number of halogens is 1. The third-order valence-electron chi connectivity index (χ3n) is 3.10. The average Bonchev–Trinajstić information content (AvgIpc) is 2.43. The van der Waals surface area contributed by atoms with Crippen molar-refractivity contribution in [3.63, 3.8) is 0 Å². The molecular formula is C16H16ClNO2. The molecule has 0 heterocycles. The number of carbonyl (C=O) groups is 1. The average molecular weight is 290 g/mol. The van der Waals surface area contributed by atoms with E-state index in [1.165, 1.54) is 0 Å². The molecule has 0 saturated carbocycles. The summed E-state index contributed by atoms with van der Waals surface area (Å²) < 4.78 is 5.22. The second-order valence-electron chi connectivity index (χ2n) is 4.60. The SMILES string of the molecule is COc1cc(C(=O)Nc2ccc(C)c(Cl)c2)ccc1C. The fourth-order valence-corrected chi connectivity index (χ4v) is 2.02. The minimum atomic E-state index is -0.191. The molecule has 20 heavy (non-hydrogen) atoms. The second-order valence-corrected chi connectivity index (χ2v) is 5.01. The van der Waals surface area contributed by atoms with Crippen LogP contribution < -0.4 is 10.1 Å². The highest BCUT2D eigenvalue weighted by atomic mass is 35.5. The van der Waals surface area contributed by atoms with Crippen molar-refractivity contribution in [1.29, 1.82) is 0 Å². The van der Waals surface area contributed by atoms with Gasteiger partial charge in [-0.15, -0.1) is 0 Å². The van der Waals surface area contributed by atoms with Crippen molar-refractivity contribution in [2.75, 3.05) is 12.4 Å². The van der Waals surface area contributed by atoms with Crippen LogP contribution in [0, 0.1) is 13.8 Å². The van der Waals surface area contributed by atoms with E-state index in [1.54, 1.807) is 25.3 Å². The molecule has 0 spiro atoms. The molecule has 2 rings (SSSR count). The summed E-state index contributed by atoms with van der Waals surface area (Å²) in [5, 5.41) is 3.45. The van der Waals surface area contributed by atoms with Crippen LogP contribution in [0.25, 0.3) is 0 Å². The van der Waals surface area contributed by atoms with Gasteiger partial charge in [-0.3, -0.25) is 4.79 Å². The number of nitrogens with one attached hydrogen (secondary N) is 1. The molecule has 0 aliphatic rings. The summed E-state index contributed by atoms with van der Waals surface area (Å²) >= 11 is 6.04.